The quantitative estimate of drug-likeness (QED) is 0.0685. The van der Waals surface area contributed by atoms with E-state index < -0.39 is 31.4 Å². The van der Waals surface area contributed by atoms with Crippen molar-refractivity contribution in [3.05, 3.63) is 162 Å². The zero-order chi connectivity index (χ0) is 62.0. The Morgan fingerprint density at radius 1 is 0.628 bits per heavy atom. The van der Waals surface area contributed by atoms with Crippen LogP contribution in [0.25, 0.3) is 33.8 Å². The third-order valence-electron chi connectivity index (χ3n) is 16.1. The third kappa shape index (κ3) is 15.0. The summed E-state index contributed by atoms with van der Waals surface area (Å²) in [6.07, 6.45) is 2.63. The lowest BCUT2D eigenvalue weighted by Crippen LogP contribution is -2.49. The van der Waals surface area contributed by atoms with Gasteiger partial charge in [0.1, 0.15) is 11.6 Å². The molecule has 1 amide bonds. The number of amides is 1. The highest BCUT2D eigenvalue weighted by molar-refractivity contribution is 5.97. The van der Waals surface area contributed by atoms with Crippen LogP contribution in [0.1, 0.15) is 110 Å². The fourth-order valence-electron chi connectivity index (χ4n) is 11.7. The summed E-state index contributed by atoms with van der Waals surface area (Å²) in [5.41, 5.74) is 16.8. The van der Waals surface area contributed by atoms with Crippen LogP contribution < -0.4 is 22.2 Å². The number of hydrogen-bond acceptors (Lipinski definition) is 11. The van der Waals surface area contributed by atoms with Gasteiger partial charge >= 0.3 is 18.3 Å². The van der Waals surface area contributed by atoms with Gasteiger partial charge in [-0.15, -0.1) is 0 Å². The molecule has 8 aromatic rings. The van der Waals surface area contributed by atoms with Crippen molar-refractivity contribution in [2.45, 2.75) is 100 Å². The topological polar surface area (TPSA) is 216 Å². The summed E-state index contributed by atoms with van der Waals surface area (Å²) in [5, 5.41) is 12.7. The molecule has 2 aliphatic rings. The Bertz CT molecular complexity index is 3830. The number of hydrogen-bond donors (Lipinski definition) is 5. The highest BCUT2D eigenvalue weighted by atomic mass is 19.4. The molecule has 8 aromatic heterocycles. The number of aromatic amines is 2. The van der Waals surface area contributed by atoms with Crippen LogP contribution in [0.15, 0.2) is 83.2 Å². The molecule has 2 unspecified atom stereocenters. The van der Waals surface area contributed by atoms with Crippen molar-refractivity contribution in [3.63, 3.8) is 0 Å². The summed E-state index contributed by atoms with van der Waals surface area (Å²) in [4.78, 5) is 70.7. The van der Waals surface area contributed by atoms with Gasteiger partial charge in [0.2, 0.25) is 0 Å². The number of H-pyrrole nitrogens is 2. The summed E-state index contributed by atoms with van der Waals surface area (Å²) >= 11 is 0. The number of fused-ring (bicyclic) bond motifs is 2. The number of aryl methyl sites for hydroxylation is 6. The first kappa shape index (κ1) is 65.7. The van der Waals surface area contributed by atoms with Gasteiger partial charge in [-0.2, -0.15) is 26.3 Å². The average Bonchev–Trinajstić information content (AvgIpc) is 1.59. The predicted octanol–water partition coefficient (Wildman–Crippen LogP) is 8.80. The molecule has 0 aromatic carbocycles. The van der Waals surface area contributed by atoms with Crippen molar-refractivity contribution in [1.29, 1.82) is 0 Å². The van der Waals surface area contributed by atoms with E-state index in [1.807, 2.05) is 131 Å². The van der Waals surface area contributed by atoms with Gasteiger partial charge in [-0.1, -0.05) is 7.43 Å². The molecule has 0 bridgehead atoms. The summed E-state index contributed by atoms with van der Waals surface area (Å²) in [6, 6.07) is 10.8. The molecular weight excluding hydrogens is 1120 g/mol. The molecule has 2 fully saturated rings. The van der Waals surface area contributed by atoms with E-state index in [0.29, 0.717) is 81.2 Å². The number of aromatic nitrogens is 8. The van der Waals surface area contributed by atoms with Crippen molar-refractivity contribution >= 4 is 22.9 Å². The molecule has 0 spiro atoms. The number of piperazine rings is 2. The number of carbonyl (C=O) groups is 2. The van der Waals surface area contributed by atoms with Gasteiger partial charge in [0.25, 0.3) is 17.0 Å². The number of pyridine rings is 4. The van der Waals surface area contributed by atoms with E-state index in [1.165, 1.54) is 9.80 Å². The van der Waals surface area contributed by atoms with Gasteiger partial charge in [-0.25, -0.2) is 14.8 Å². The SMILES string of the molecule is C.Cc1c(C(=O)O)cc2cc(-c3nccn3C)cn2c1C(C)N1CCN(CC(F)(F)F)CC1.Cc1cc(C)c(CN)c(=O)[nH]1.Cc1cc(C)c(CNC(=O)c2cc3cc(-c4nccn4C)cn3c(C(C)N3CCN(CC(F)(F)F)CC3)c2C)c(=O)[nH]1. The number of nitrogens with zero attached hydrogens (tertiary/aromatic N) is 10. The van der Waals surface area contributed by atoms with Gasteiger partial charge in [0, 0.05) is 190 Å². The summed E-state index contributed by atoms with van der Waals surface area (Å²) in [7, 11) is 3.80. The smallest absolute Gasteiger partial charge is 0.401 e. The second kappa shape index (κ2) is 26.8. The first-order valence-corrected chi connectivity index (χ1v) is 28.0. The molecule has 0 saturated carbocycles. The van der Waals surface area contributed by atoms with Gasteiger partial charge < -0.3 is 44.1 Å². The molecule has 2 saturated heterocycles. The van der Waals surface area contributed by atoms with Crippen LogP contribution in [0.5, 0.6) is 0 Å². The minimum atomic E-state index is -4.23. The van der Waals surface area contributed by atoms with Crippen LogP contribution >= 0.6 is 0 Å². The molecule has 25 heteroatoms. The number of carboxylic acids is 1. The van der Waals surface area contributed by atoms with Gasteiger partial charge in [0.15, 0.2) is 0 Å². The number of nitrogens with one attached hydrogen (secondary N) is 3. The Labute approximate surface area is 495 Å². The second-order valence-electron chi connectivity index (χ2n) is 22.2. The maximum absolute atomic E-state index is 13.6. The maximum Gasteiger partial charge on any atom is 0.401 e. The Morgan fingerprint density at radius 3 is 1.38 bits per heavy atom. The standard InChI is InChI=1S/C30H36F3N7O2.C22H26F3N5O2.C8H12N2O.CH4/c1-18-12-19(2)36-29(42)25(18)15-35-28(41)24-14-23-13-22(27-34-6-7-37(27)5)16-40(23)26(20(24)3)21(4)39-10-8-38(9-11-39)17-30(31,32)33;1-14-18(21(31)32)11-17-10-16(20-26-4-5-27(20)3)12-30(17)19(14)15(2)29-8-6-28(7-9-29)13-22(23,24)25;1-5-3-6(2)10-8(11)7(5)4-9;/h6-7,12-14,16,21H,8-11,15,17H2,1-5H3,(H,35,41)(H,36,42);4-5,10-12,15H,6-9,13H2,1-3H3,(H,31,32);3H,4,9H2,1-2H3,(H,10,11);1H4. The van der Waals surface area contributed by atoms with E-state index in [4.69, 9.17) is 5.73 Å². The minimum absolute atomic E-state index is 0. The molecule has 0 aliphatic carbocycles. The first-order valence-electron chi connectivity index (χ1n) is 28.0. The number of alkyl halides is 6. The molecule has 2 aliphatic heterocycles. The highest BCUT2D eigenvalue weighted by Gasteiger charge is 2.36. The van der Waals surface area contributed by atoms with Crippen molar-refractivity contribution in [1.82, 2.24) is 62.8 Å². The molecule has 19 nitrogen and oxygen atoms in total. The lowest BCUT2D eigenvalue weighted by molar-refractivity contribution is -0.150. The van der Waals surface area contributed by atoms with Gasteiger partial charge in [-0.3, -0.25) is 34.0 Å². The number of carbonyl (C=O) groups excluding carboxylic acids is 1. The molecule has 86 heavy (non-hydrogen) atoms. The molecule has 2 atom stereocenters. The van der Waals surface area contributed by atoms with Crippen molar-refractivity contribution in [2.75, 3.05) is 65.4 Å². The summed E-state index contributed by atoms with van der Waals surface area (Å²) < 4.78 is 84.9. The molecule has 10 rings (SSSR count). The maximum atomic E-state index is 13.6. The number of halogens is 6. The van der Waals surface area contributed by atoms with Crippen LogP contribution in [-0.4, -0.2) is 152 Å². The normalized spacial score (nSPS) is 15.4. The lowest BCUT2D eigenvalue weighted by Gasteiger charge is -2.39. The van der Waals surface area contributed by atoms with Crippen LogP contribution in [0.3, 0.4) is 0 Å². The van der Waals surface area contributed by atoms with Gasteiger partial charge in [-0.05, 0) is 114 Å². The Balaban J connectivity index is 0.000000212. The molecular formula is C61H78F6N14O5. The number of rotatable bonds is 13. The predicted molar refractivity (Wildman–Crippen MR) is 319 cm³/mol. The molecule has 464 valence electrons. The molecule has 10 heterocycles. The van der Waals surface area contributed by atoms with Crippen LogP contribution in [0.2, 0.25) is 0 Å². The Morgan fingerprint density at radius 2 is 1.02 bits per heavy atom. The highest BCUT2D eigenvalue weighted by Crippen LogP contribution is 2.34. The van der Waals surface area contributed by atoms with E-state index in [-0.39, 0.29) is 48.6 Å². The minimum Gasteiger partial charge on any atom is -0.478 e. The van der Waals surface area contributed by atoms with E-state index >= 15 is 0 Å². The lowest BCUT2D eigenvalue weighted by atomic mass is 10.00. The van der Waals surface area contributed by atoms with E-state index in [9.17, 15) is 50.6 Å². The largest absolute Gasteiger partial charge is 0.478 e. The fourth-order valence-corrected chi connectivity index (χ4v) is 11.7. The first-order chi connectivity index (χ1) is 40.0. The number of aromatic carboxylic acids is 1. The molecule has 6 N–H and O–H groups in total. The Hall–Kier alpha value is -7.84. The van der Waals surface area contributed by atoms with E-state index in [1.54, 1.807) is 25.4 Å². The molecule has 0 radical (unpaired) electrons. The Kier molecular flexibility index (Phi) is 20.5. The van der Waals surface area contributed by atoms with E-state index in [2.05, 4.69) is 39.5 Å². The number of carboxylic acid groups (broad SMARTS) is 1. The monoisotopic (exact) mass is 1200 g/mol. The van der Waals surface area contributed by atoms with Crippen molar-refractivity contribution in [3.8, 4) is 22.8 Å². The number of nitrogens with two attached hydrogens (primary N) is 1. The zero-order valence-electron chi connectivity index (χ0n) is 49.5. The van der Waals surface area contributed by atoms with Crippen LogP contribution in [0, 0.1) is 41.5 Å². The summed E-state index contributed by atoms with van der Waals surface area (Å²) in [5.74, 6) is 0.226. The van der Waals surface area contributed by atoms with Crippen LogP contribution in [0.4, 0.5) is 26.3 Å². The van der Waals surface area contributed by atoms with Crippen LogP contribution in [-0.2, 0) is 27.2 Å². The van der Waals surface area contributed by atoms with Crippen molar-refractivity contribution < 1.29 is 41.0 Å². The fraction of sp³-hybridized carbons (Fsp3) is 0.443. The average molecular weight is 1200 g/mol. The van der Waals surface area contributed by atoms with Gasteiger partial charge in [0.05, 0.1) is 18.7 Å². The summed E-state index contributed by atoms with van der Waals surface area (Å²) in [6.45, 7) is 16.8. The van der Waals surface area contributed by atoms with Crippen molar-refractivity contribution in [2.24, 2.45) is 19.8 Å². The zero-order valence-corrected chi connectivity index (χ0v) is 49.5. The van der Waals surface area contributed by atoms with E-state index in [0.717, 1.165) is 73.3 Å². The third-order valence-corrected chi connectivity index (χ3v) is 16.1. The number of imidazole rings is 2. The second-order valence-corrected chi connectivity index (χ2v) is 22.2.